The van der Waals surface area contributed by atoms with Gasteiger partial charge in [0.25, 0.3) is 0 Å². The summed E-state index contributed by atoms with van der Waals surface area (Å²) in [5.41, 5.74) is 0. The minimum absolute atomic E-state index is 0. The Balaban J connectivity index is -0.00000220. The van der Waals surface area contributed by atoms with Crippen molar-refractivity contribution in [1.29, 1.82) is 0 Å². The second-order valence-corrected chi connectivity index (χ2v) is 5.74. The van der Waals surface area contributed by atoms with Crippen molar-refractivity contribution in [2.75, 3.05) is 46.2 Å². The fourth-order valence-corrected chi connectivity index (χ4v) is 2.30. The van der Waals surface area contributed by atoms with Crippen LogP contribution >= 0.6 is 0 Å². The first kappa shape index (κ1) is 26.1. The van der Waals surface area contributed by atoms with Crippen LogP contribution in [0.1, 0.15) is 72.6 Å². The van der Waals surface area contributed by atoms with Crippen LogP contribution in [0.5, 0.6) is 0 Å². The molecule has 1 N–H and O–H groups in total. The average molecular weight is 342 g/mol. The van der Waals surface area contributed by atoms with Crippen molar-refractivity contribution >= 4 is 0 Å². The second kappa shape index (κ2) is 25.1. The summed E-state index contributed by atoms with van der Waals surface area (Å²) in [6, 6.07) is 0. The molecule has 0 saturated heterocycles. The van der Waals surface area contributed by atoms with Crippen molar-refractivity contribution in [2.45, 2.75) is 71.1 Å². The molecule has 4 nitrogen and oxygen atoms in total. The van der Waals surface area contributed by atoms with Gasteiger partial charge in [-0.05, 0) is 6.42 Å². The van der Waals surface area contributed by atoms with Crippen LogP contribution in [0.2, 0.25) is 0 Å². The Morgan fingerprint density at radius 3 is 1.43 bits per heavy atom. The van der Waals surface area contributed by atoms with Crippen LogP contribution in [0.3, 0.4) is 0 Å². The molecule has 0 aliphatic rings. The van der Waals surface area contributed by atoms with Crippen molar-refractivity contribution in [2.24, 2.45) is 0 Å². The molecule has 0 fully saturated rings. The van der Waals surface area contributed by atoms with E-state index in [1.165, 1.54) is 57.8 Å². The van der Waals surface area contributed by atoms with Crippen LogP contribution < -0.4 is 29.6 Å². The quantitative estimate of drug-likeness (QED) is 0.282. The number of ether oxygens (including phenoxy) is 3. The molecule has 5 heteroatoms. The number of hydrogen-bond acceptors (Lipinski definition) is 4. The second-order valence-electron chi connectivity index (χ2n) is 5.74. The summed E-state index contributed by atoms with van der Waals surface area (Å²) in [6.07, 6.45) is 13.5. The third-order valence-corrected chi connectivity index (χ3v) is 3.62. The van der Waals surface area contributed by atoms with Gasteiger partial charge in [0, 0.05) is 6.61 Å². The molecule has 0 radical (unpaired) electrons. The van der Waals surface area contributed by atoms with Gasteiger partial charge in [0.05, 0.1) is 39.6 Å². The molecule has 136 valence electrons. The summed E-state index contributed by atoms with van der Waals surface area (Å²) in [7, 11) is 0. The molecule has 23 heavy (non-hydrogen) atoms. The van der Waals surface area contributed by atoms with Gasteiger partial charge in [-0.1, -0.05) is 64.7 Å². The summed E-state index contributed by atoms with van der Waals surface area (Å²) < 4.78 is 16.0. The molecule has 0 amide bonds. The van der Waals surface area contributed by atoms with Crippen molar-refractivity contribution in [3.05, 3.63) is 0 Å². The van der Waals surface area contributed by atoms with E-state index in [0.29, 0.717) is 33.0 Å². The van der Waals surface area contributed by atoms with Gasteiger partial charge in [0.15, 0.2) is 0 Å². The SMILES string of the molecule is CCCCCCCCCCCCOCCOCCOCCO.[H-].[Na+]. The van der Waals surface area contributed by atoms with Gasteiger partial charge < -0.3 is 20.7 Å². The molecule has 0 aliphatic carbocycles. The Bertz CT molecular complexity index is 180. The Morgan fingerprint density at radius 2 is 0.957 bits per heavy atom. The Kier molecular flexibility index (Phi) is 28.4. The number of aliphatic hydroxyl groups is 1. The standard InChI is InChI=1S/C18H38O4.Na.H/c1-2-3-4-5-6-7-8-9-10-11-13-20-15-17-22-18-16-21-14-12-19;;/h19H,2-18H2,1H3;;/q;+1;-1. The van der Waals surface area contributed by atoms with E-state index < -0.39 is 0 Å². The van der Waals surface area contributed by atoms with E-state index in [0.717, 1.165) is 13.0 Å². The van der Waals surface area contributed by atoms with Gasteiger partial charge in [0.2, 0.25) is 0 Å². The maximum Gasteiger partial charge on any atom is 1.00 e. The Hall–Kier alpha value is 0.840. The first-order chi connectivity index (χ1) is 10.9. The van der Waals surface area contributed by atoms with Crippen LogP contribution in [0.4, 0.5) is 0 Å². The van der Waals surface area contributed by atoms with Crippen LogP contribution in [0.15, 0.2) is 0 Å². The average Bonchev–Trinajstić information content (AvgIpc) is 2.54. The van der Waals surface area contributed by atoms with E-state index in [2.05, 4.69) is 6.92 Å². The Morgan fingerprint density at radius 1 is 0.565 bits per heavy atom. The summed E-state index contributed by atoms with van der Waals surface area (Å²) in [5, 5.41) is 8.52. The summed E-state index contributed by atoms with van der Waals surface area (Å²) in [4.78, 5) is 0. The largest absolute Gasteiger partial charge is 1.00 e. The Labute approximate surface area is 167 Å². The van der Waals surface area contributed by atoms with Crippen LogP contribution in [0.25, 0.3) is 0 Å². The van der Waals surface area contributed by atoms with Crippen LogP contribution in [0, 0.1) is 0 Å². The molecule has 0 unspecified atom stereocenters. The summed E-state index contributed by atoms with van der Waals surface area (Å²) >= 11 is 0. The van der Waals surface area contributed by atoms with Crippen LogP contribution in [-0.2, 0) is 14.2 Å². The molecule has 0 atom stereocenters. The fraction of sp³-hybridized carbons (Fsp3) is 1.00. The zero-order chi connectivity index (χ0) is 16.1. The molecule has 0 heterocycles. The van der Waals surface area contributed by atoms with E-state index >= 15 is 0 Å². The van der Waals surface area contributed by atoms with E-state index in [4.69, 9.17) is 19.3 Å². The van der Waals surface area contributed by atoms with E-state index in [-0.39, 0.29) is 37.6 Å². The maximum atomic E-state index is 8.52. The first-order valence-electron chi connectivity index (χ1n) is 9.26. The van der Waals surface area contributed by atoms with Crippen molar-refractivity contribution in [3.8, 4) is 0 Å². The van der Waals surface area contributed by atoms with Gasteiger partial charge >= 0.3 is 29.6 Å². The summed E-state index contributed by atoms with van der Waals surface area (Å²) in [6.45, 7) is 5.97. The number of hydrogen-bond donors (Lipinski definition) is 1. The normalized spacial score (nSPS) is 10.7. The zero-order valence-electron chi connectivity index (χ0n) is 16.7. The molecule has 0 aromatic heterocycles. The third kappa shape index (κ3) is 25.2. The van der Waals surface area contributed by atoms with Crippen molar-refractivity contribution in [1.82, 2.24) is 0 Å². The molecule has 0 saturated carbocycles. The monoisotopic (exact) mass is 342 g/mol. The molecular weight excluding hydrogens is 303 g/mol. The minimum Gasteiger partial charge on any atom is -1.00 e. The van der Waals surface area contributed by atoms with E-state index in [9.17, 15) is 0 Å². The topological polar surface area (TPSA) is 47.9 Å². The fourth-order valence-electron chi connectivity index (χ4n) is 2.30. The van der Waals surface area contributed by atoms with Gasteiger partial charge in [-0.15, -0.1) is 0 Å². The van der Waals surface area contributed by atoms with Crippen molar-refractivity contribution < 1.29 is 50.3 Å². The maximum absolute atomic E-state index is 8.52. The van der Waals surface area contributed by atoms with Crippen LogP contribution in [-0.4, -0.2) is 51.4 Å². The number of aliphatic hydroxyl groups excluding tert-OH is 1. The molecule has 0 bridgehead atoms. The van der Waals surface area contributed by atoms with Crippen molar-refractivity contribution in [3.63, 3.8) is 0 Å². The molecule has 0 rings (SSSR count). The summed E-state index contributed by atoms with van der Waals surface area (Å²) in [5.74, 6) is 0. The van der Waals surface area contributed by atoms with Gasteiger partial charge in [-0.25, -0.2) is 0 Å². The molecule has 0 spiro atoms. The van der Waals surface area contributed by atoms with Gasteiger partial charge in [-0.2, -0.15) is 0 Å². The van der Waals surface area contributed by atoms with Gasteiger partial charge in [-0.3, -0.25) is 0 Å². The minimum atomic E-state index is 0. The molecule has 0 aromatic rings. The number of unbranched alkanes of at least 4 members (excludes halogenated alkanes) is 9. The smallest absolute Gasteiger partial charge is 1.00 e. The van der Waals surface area contributed by atoms with E-state index in [1.54, 1.807) is 0 Å². The number of rotatable bonds is 19. The zero-order valence-corrected chi connectivity index (χ0v) is 17.7. The molecular formula is C18H39NaO4. The predicted molar refractivity (Wildman–Crippen MR) is 92.5 cm³/mol. The van der Waals surface area contributed by atoms with Gasteiger partial charge in [0.1, 0.15) is 0 Å². The predicted octanol–water partition coefficient (Wildman–Crippen LogP) is 1.07. The third-order valence-electron chi connectivity index (χ3n) is 3.62. The first-order valence-corrected chi connectivity index (χ1v) is 9.26. The molecule has 0 aliphatic heterocycles. The van der Waals surface area contributed by atoms with E-state index in [1.807, 2.05) is 0 Å². The molecule has 0 aromatic carbocycles.